The van der Waals surface area contributed by atoms with Gasteiger partial charge in [0, 0.05) is 31.5 Å². The molecule has 0 radical (unpaired) electrons. The molecular weight excluding hydrogens is 330 g/mol. The molecule has 8 nitrogen and oxygen atoms in total. The van der Waals surface area contributed by atoms with E-state index in [4.69, 9.17) is 11.5 Å². The molecule has 2 aromatic heterocycles. The third kappa shape index (κ3) is 3.01. The van der Waals surface area contributed by atoms with E-state index in [9.17, 15) is 4.79 Å². The Bertz CT molecular complexity index is 883. The van der Waals surface area contributed by atoms with Gasteiger partial charge in [-0.05, 0) is 49.3 Å². The van der Waals surface area contributed by atoms with E-state index in [2.05, 4.69) is 40.1 Å². The highest BCUT2D eigenvalue weighted by Gasteiger charge is 2.32. The number of carbonyl (C=O) groups excluding carboxylic acids is 1. The SMILES string of the molecule is CCC(C)N1CC(c2cc(C(N)=O)c3nc(N)nn3c2)=CN1CC1CC1. The van der Waals surface area contributed by atoms with E-state index in [0.717, 1.165) is 36.6 Å². The summed E-state index contributed by atoms with van der Waals surface area (Å²) in [6, 6.07) is 2.25. The highest BCUT2D eigenvalue weighted by atomic mass is 16.1. The summed E-state index contributed by atoms with van der Waals surface area (Å²) in [7, 11) is 0. The van der Waals surface area contributed by atoms with Crippen LogP contribution in [-0.2, 0) is 0 Å². The Balaban J connectivity index is 1.72. The van der Waals surface area contributed by atoms with Crippen LogP contribution in [0.25, 0.3) is 11.2 Å². The van der Waals surface area contributed by atoms with Gasteiger partial charge >= 0.3 is 0 Å². The molecule has 0 saturated heterocycles. The second-order valence-electron chi connectivity index (χ2n) is 7.32. The zero-order valence-corrected chi connectivity index (χ0v) is 15.2. The van der Waals surface area contributed by atoms with Crippen molar-refractivity contribution in [1.29, 1.82) is 0 Å². The van der Waals surface area contributed by atoms with Crippen molar-refractivity contribution >= 4 is 23.1 Å². The molecule has 1 saturated carbocycles. The minimum atomic E-state index is -0.531. The summed E-state index contributed by atoms with van der Waals surface area (Å²) in [5.41, 5.74) is 14.0. The number of hydrogen-bond donors (Lipinski definition) is 2. The minimum absolute atomic E-state index is 0.127. The maximum atomic E-state index is 11.9. The van der Waals surface area contributed by atoms with Crippen molar-refractivity contribution in [2.45, 2.75) is 39.2 Å². The number of hydrazine groups is 1. The molecule has 2 aliphatic rings. The summed E-state index contributed by atoms with van der Waals surface area (Å²) < 4.78 is 1.54. The number of pyridine rings is 1. The molecule has 1 atom stereocenters. The number of anilines is 1. The Labute approximate surface area is 152 Å². The van der Waals surface area contributed by atoms with E-state index in [1.165, 1.54) is 12.8 Å². The first-order chi connectivity index (χ1) is 12.5. The van der Waals surface area contributed by atoms with Gasteiger partial charge in [0.15, 0.2) is 5.65 Å². The van der Waals surface area contributed by atoms with Gasteiger partial charge in [0.1, 0.15) is 0 Å². The third-order valence-electron chi connectivity index (χ3n) is 5.29. The fourth-order valence-corrected chi connectivity index (χ4v) is 3.43. The van der Waals surface area contributed by atoms with Gasteiger partial charge in [-0.2, -0.15) is 4.98 Å². The van der Waals surface area contributed by atoms with Crippen LogP contribution >= 0.6 is 0 Å². The number of carbonyl (C=O) groups is 1. The van der Waals surface area contributed by atoms with Crippen molar-refractivity contribution in [3.63, 3.8) is 0 Å². The van der Waals surface area contributed by atoms with Crippen molar-refractivity contribution in [3.05, 3.63) is 29.6 Å². The van der Waals surface area contributed by atoms with E-state index < -0.39 is 5.91 Å². The lowest BCUT2D eigenvalue weighted by Crippen LogP contribution is -2.42. The molecule has 0 spiro atoms. The minimum Gasteiger partial charge on any atom is -0.366 e. The van der Waals surface area contributed by atoms with Gasteiger partial charge in [0.2, 0.25) is 5.95 Å². The first-order valence-electron chi connectivity index (χ1n) is 9.16. The summed E-state index contributed by atoms with van der Waals surface area (Å²) in [5, 5.41) is 8.90. The van der Waals surface area contributed by atoms with Crippen LogP contribution in [0.3, 0.4) is 0 Å². The average Bonchev–Trinajstić information content (AvgIpc) is 3.19. The quantitative estimate of drug-likeness (QED) is 0.813. The predicted molar refractivity (Wildman–Crippen MR) is 99.8 cm³/mol. The van der Waals surface area contributed by atoms with Gasteiger partial charge in [0.05, 0.1) is 5.56 Å². The molecule has 8 heteroatoms. The Morgan fingerprint density at radius 3 is 2.85 bits per heavy atom. The van der Waals surface area contributed by atoms with Gasteiger partial charge < -0.3 is 16.5 Å². The lowest BCUT2D eigenvalue weighted by atomic mass is 10.1. The highest BCUT2D eigenvalue weighted by Crippen LogP contribution is 2.34. The number of nitrogens with zero attached hydrogens (tertiary/aromatic N) is 5. The summed E-state index contributed by atoms with van der Waals surface area (Å²) in [6.45, 7) is 6.30. The molecule has 4 rings (SSSR count). The van der Waals surface area contributed by atoms with Gasteiger partial charge in [-0.3, -0.25) is 4.79 Å². The fourth-order valence-electron chi connectivity index (χ4n) is 3.43. The molecule has 4 N–H and O–H groups in total. The van der Waals surface area contributed by atoms with Crippen LogP contribution in [0.5, 0.6) is 0 Å². The summed E-state index contributed by atoms with van der Waals surface area (Å²) in [5.74, 6) is 0.383. The maximum Gasteiger partial charge on any atom is 0.252 e. The summed E-state index contributed by atoms with van der Waals surface area (Å²) in [6.07, 6.45) is 7.75. The van der Waals surface area contributed by atoms with Crippen molar-refractivity contribution in [3.8, 4) is 0 Å². The highest BCUT2D eigenvalue weighted by molar-refractivity contribution is 5.99. The van der Waals surface area contributed by atoms with Crippen molar-refractivity contribution in [2.24, 2.45) is 11.7 Å². The lowest BCUT2D eigenvalue weighted by Gasteiger charge is -2.33. The first-order valence-corrected chi connectivity index (χ1v) is 9.16. The normalized spacial score (nSPS) is 19.2. The number of nitrogen functional groups attached to an aromatic ring is 1. The molecule has 26 heavy (non-hydrogen) atoms. The van der Waals surface area contributed by atoms with Crippen LogP contribution in [-0.4, -0.2) is 49.7 Å². The number of aromatic nitrogens is 3. The van der Waals surface area contributed by atoms with E-state index in [-0.39, 0.29) is 5.95 Å². The van der Waals surface area contributed by atoms with Crippen LogP contribution in [0.2, 0.25) is 0 Å². The Morgan fingerprint density at radius 1 is 1.42 bits per heavy atom. The zero-order valence-electron chi connectivity index (χ0n) is 15.2. The van der Waals surface area contributed by atoms with Gasteiger partial charge in [-0.1, -0.05) is 6.92 Å². The lowest BCUT2D eigenvalue weighted by molar-refractivity contribution is 0.00899. The molecule has 0 aromatic carbocycles. The Morgan fingerprint density at radius 2 is 2.19 bits per heavy atom. The zero-order chi connectivity index (χ0) is 18.4. The van der Waals surface area contributed by atoms with Gasteiger partial charge in [0.25, 0.3) is 5.91 Å². The Kier molecular flexibility index (Phi) is 4.07. The monoisotopic (exact) mass is 355 g/mol. The molecule has 1 aliphatic carbocycles. The molecule has 1 unspecified atom stereocenters. The van der Waals surface area contributed by atoms with E-state index in [0.29, 0.717) is 17.3 Å². The second kappa shape index (κ2) is 6.28. The maximum absolute atomic E-state index is 11.9. The number of hydrogen-bond acceptors (Lipinski definition) is 6. The van der Waals surface area contributed by atoms with E-state index in [1.54, 1.807) is 10.6 Å². The second-order valence-corrected chi connectivity index (χ2v) is 7.32. The average molecular weight is 355 g/mol. The van der Waals surface area contributed by atoms with Gasteiger partial charge in [-0.15, -0.1) is 5.10 Å². The Hall–Kier alpha value is -2.61. The van der Waals surface area contributed by atoms with Gasteiger partial charge in [-0.25, -0.2) is 9.52 Å². The molecule has 0 bridgehead atoms. The van der Waals surface area contributed by atoms with E-state index >= 15 is 0 Å². The standard InChI is InChI=1S/C18H25N7O/c1-3-11(2)25-10-14(8-23(25)7-12-4-5-12)13-6-15(16(19)26)17-21-18(20)22-24(17)9-13/h6,8-9,11-12H,3-5,7,10H2,1-2H3,(H2,19,26)(H2,20,22). The van der Waals surface area contributed by atoms with E-state index in [1.807, 2.05) is 6.20 Å². The number of amides is 1. The van der Waals surface area contributed by atoms with Crippen LogP contribution in [0, 0.1) is 5.92 Å². The topological polar surface area (TPSA) is 106 Å². The summed E-state index contributed by atoms with van der Waals surface area (Å²) >= 11 is 0. The molecule has 1 fully saturated rings. The predicted octanol–water partition coefficient (Wildman–Crippen LogP) is 1.49. The largest absolute Gasteiger partial charge is 0.366 e. The first kappa shape index (κ1) is 16.8. The molecular formula is C18H25N7O. The van der Waals surface area contributed by atoms with Crippen LogP contribution in [0.1, 0.15) is 49.0 Å². The van der Waals surface area contributed by atoms with Crippen LogP contribution in [0.15, 0.2) is 18.5 Å². The molecule has 138 valence electrons. The molecule has 3 heterocycles. The van der Waals surface area contributed by atoms with Crippen LogP contribution in [0.4, 0.5) is 5.95 Å². The number of fused-ring (bicyclic) bond motifs is 1. The van der Waals surface area contributed by atoms with Crippen molar-refractivity contribution < 1.29 is 4.79 Å². The fraction of sp³-hybridized carbons (Fsp3) is 0.500. The molecule has 1 aliphatic heterocycles. The van der Waals surface area contributed by atoms with Crippen molar-refractivity contribution in [1.82, 2.24) is 24.6 Å². The molecule has 1 amide bonds. The smallest absolute Gasteiger partial charge is 0.252 e. The number of primary amides is 1. The molecule has 2 aromatic rings. The third-order valence-corrected chi connectivity index (χ3v) is 5.29. The number of nitrogens with two attached hydrogens (primary N) is 2. The summed E-state index contributed by atoms with van der Waals surface area (Å²) in [4.78, 5) is 16.0. The van der Waals surface area contributed by atoms with Crippen molar-refractivity contribution in [2.75, 3.05) is 18.8 Å². The number of rotatable bonds is 6. The van der Waals surface area contributed by atoms with Crippen LogP contribution < -0.4 is 11.5 Å².